The predicted octanol–water partition coefficient (Wildman–Crippen LogP) is 2.92. The molecule has 0 saturated heterocycles. The van der Waals surface area contributed by atoms with Gasteiger partial charge >= 0.3 is 18.0 Å². The molecule has 0 saturated carbocycles. The van der Waals surface area contributed by atoms with Crippen LogP contribution in [0.5, 0.6) is 0 Å². The highest BCUT2D eigenvalue weighted by molar-refractivity contribution is 5.99. The number of rotatable bonds is 6. The number of para-hydroxylation sites is 1. The molecule has 0 unspecified atom stereocenters. The van der Waals surface area contributed by atoms with Crippen molar-refractivity contribution in [3.05, 3.63) is 52.4 Å². The van der Waals surface area contributed by atoms with E-state index in [-0.39, 0.29) is 24.5 Å². The summed E-state index contributed by atoms with van der Waals surface area (Å²) in [6.45, 7) is 7.07. The van der Waals surface area contributed by atoms with E-state index in [4.69, 9.17) is 9.47 Å². The lowest BCUT2D eigenvalue weighted by atomic mass is 10.0. The van der Waals surface area contributed by atoms with E-state index in [2.05, 4.69) is 15.6 Å². The molecule has 1 aromatic carbocycles. The molecule has 30 heavy (non-hydrogen) atoms. The molecule has 0 aliphatic carbocycles. The highest BCUT2D eigenvalue weighted by Crippen LogP contribution is 2.24. The number of esters is 2. The minimum Gasteiger partial charge on any atom is -0.463 e. The fraction of sp³-hybridized carbons (Fsp3) is 0.364. The van der Waals surface area contributed by atoms with E-state index in [0.29, 0.717) is 17.7 Å². The van der Waals surface area contributed by atoms with Crippen LogP contribution in [0.4, 0.5) is 4.79 Å². The molecule has 0 bridgehead atoms. The number of benzene rings is 1. The van der Waals surface area contributed by atoms with Gasteiger partial charge in [0.25, 0.3) is 0 Å². The quantitative estimate of drug-likeness (QED) is 0.708. The number of urea groups is 1. The van der Waals surface area contributed by atoms with Crippen molar-refractivity contribution < 1.29 is 23.9 Å². The number of nitrogens with zero attached hydrogens (tertiary/aromatic N) is 1. The number of hydrogen-bond donors (Lipinski definition) is 2. The number of aryl methyl sites for hydroxylation is 2. The van der Waals surface area contributed by atoms with E-state index in [1.54, 1.807) is 13.8 Å². The molecule has 8 nitrogen and oxygen atoms in total. The number of amides is 2. The number of carbonyl (C=O) groups excluding carboxylic acids is 3. The minimum absolute atomic E-state index is 0.195. The van der Waals surface area contributed by atoms with Crippen LogP contribution < -0.4 is 10.6 Å². The Balaban J connectivity index is 1.90. The molecule has 1 aromatic heterocycles. The van der Waals surface area contributed by atoms with E-state index in [1.807, 2.05) is 38.1 Å². The van der Waals surface area contributed by atoms with Gasteiger partial charge in [0.05, 0.1) is 40.7 Å². The first-order valence-corrected chi connectivity index (χ1v) is 9.88. The first-order chi connectivity index (χ1) is 14.4. The summed E-state index contributed by atoms with van der Waals surface area (Å²) in [5.41, 5.74) is 2.98. The molecule has 2 amide bonds. The SMILES string of the molecule is CCOC(=O)C1=C(COC(=O)c2c(C)nc3ccccc3c2C)NC(=O)N[C@H]1CC. The third kappa shape index (κ3) is 4.12. The second-order valence-electron chi connectivity index (χ2n) is 6.96. The number of pyridine rings is 1. The number of hydrogen-bond acceptors (Lipinski definition) is 6. The highest BCUT2D eigenvalue weighted by Gasteiger charge is 2.32. The van der Waals surface area contributed by atoms with Crippen molar-refractivity contribution in [3.63, 3.8) is 0 Å². The van der Waals surface area contributed by atoms with Gasteiger partial charge in [0, 0.05) is 5.39 Å². The fourth-order valence-corrected chi connectivity index (χ4v) is 3.62. The van der Waals surface area contributed by atoms with Crippen LogP contribution in [0.25, 0.3) is 10.9 Å². The van der Waals surface area contributed by atoms with E-state index in [1.165, 1.54) is 0 Å². The molecule has 2 N–H and O–H groups in total. The van der Waals surface area contributed by atoms with Crippen LogP contribution >= 0.6 is 0 Å². The Morgan fingerprint density at radius 3 is 2.53 bits per heavy atom. The Morgan fingerprint density at radius 2 is 1.83 bits per heavy atom. The van der Waals surface area contributed by atoms with Gasteiger partial charge in [-0.1, -0.05) is 25.1 Å². The molecule has 1 aliphatic rings. The molecule has 0 fully saturated rings. The minimum atomic E-state index is -0.570. The lowest BCUT2D eigenvalue weighted by Gasteiger charge is -2.28. The molecule has 8 heteroatoms. The van der Waals surface area contributed by atoms with Gasteiger partial charge in [-0.15, -0.1) is 0 Å². The summed E-state index contributed by atoms with van der Waals surface area (Å²) in [4.78, 5) is 41.8. The van der Waals surface area contributed by atoms with E-state index >= 15 is 0 Å². The van der Waals surface area contributed by atoms with Gasteiger partial charge in [-0.25, -0.2) is 14.4 Å². The van der Waals surface area contributed by atoms with E-state index < -0.39 is 24.0 Å². The van der Waals surface area contributed by atoms with Crippen molar-refractivity contribution in [2.45, 2.75) is 40.2 Å². The molecule has 0 radical (unpaired) electrons. The normalized spacial score (nSPS) is 16.1. The van der Waals surface area contributed by atoms with Crippen molar-refractivity contribution in [3.8, 4) is 0 Å². The van der Waals surface area contributed by atoms with Crippen molar-refractivity contribution in [1.29, 1.82) is 0 Å². The Bertz CT molecular complexity index is 1040. The highest BCUT2D eigenvalue weighted by atomic mass is 16.5. The van der Waals surface area contributed by atoms with Crippen LogP contribution in [0.1, 0.15) is 41.9 Å². The number of aromatic nitrogens is 1. The van der Waals surface area contributed by atoms with Gasteiger partial charge in [-0.3, -0.25) is 4.98 Å². The van der Waals surface area contributed by atoms with E-state index in [9.17, 15) is 14.4 Å². The van der Waals surface area contributed by atoms with Crippen LogP contribution in [-0.2, 0) is 14.3 Å². The van der Waals surface area contributed by atoms with Crippen molar-refractivity contribution in [2.24, 2.45) is 0 Å². The molecular formula is C22H25N3O5. The smallest absolute Gasteiger partial charge is 0.340 e. The largest absolute Gasteiger partial charge is 0.463 e. The fourth-order valence-electron chi connectivity index (χ4n) is 3.62. The molecule has 158 valence electrons. The van der Waals surface area contributed by atoms with Crippen LogP contribution in [0, 0.1) is 13.8 Å². The Morgan fingerprint density at radius 1 is 1.10 bits per heavy atom. The zero-order chi connectivity index (χ0) is 21.8. The molecule has 2 heterocycles. The average molecular weight is 411 g/mol. The van der Waals surface area contributed by atoms with Crippen LogP contribution in [0.2, 0.25) is 0 Å². The molecule has 3 rings (SSSR count). The van der Waals surface area contributed by atoms with Crippen LogP contribution in [0.3, 0.4) is 0 Å². The molecule has 2 aromatic rings. The topological polar surface area (TPSA) is 107 Å². The maximum absolute atomic E-state index is 12.9. The number of carbonyl (C=O) groups is 3. The summed E-state index contributed by atoms with van der Waals surface area (Å²) in [6, 6.07) is 6.58. The lowest BCUT2D eigenvalue weighted by Crippen LogP contribution is -2.51. The lowest BCUT2D eigenvalue weighted by molar-refractivity contribution is -0.139. The summed E-state index contributed by atoms with van der Waals surface area (Å²) in [5.74, 6) is -1.12. The summed E-state index contributed by atoms with van der Waals surface area (Å²) in [6.07, 6.45) is 0.492. The first-order valence-electron chi connectivity index (χ1n) is 9.88. The standard InChI is InChI=1S/C22H25N3O5/c1-5-15-19(21(27)29-6-2)17(25-22(28)24-15)11-30-20(26)18-12(3)14-9-7-8-10-16(14)23-13(18)4/h7-10,15H,5-6,11H2,1-4H3,(H2,24,25,28)/t15-/m0/s1. The zero-order valence-corrected chi connectivity index (χ0v) is 17.5. The van der Waals surface area contributed by atoms with Crippen molar-refractivity contribution in [1.82, 2.24) is 15.6 Å². The van der Waals surface area contributed by atoms with Crippen LogP contribution in [-0.4, -0.2) is 42.2 Å². The third-order valence-electron chi connectivity index (χ3n) is 5.03. The van der Waals surface area contributed by atoms with Gasteiger partial charge in [-0.2, -0.15) is 0 Å². The summed E-state index contributed by atoms with van der Waals surface area (Å²) < 4.78 is 10.6. The molecule has 1 atom stereocenters. The second-order valence-corrected chi connectivity index (χ2v) is 6.96. The first kappa shape index (κ1) is 21.3. The van der Waals surface area contributed by atoms with Gasteiger partial charge in [0.15, 0.2) is 0 Å². The summed E-state index contributed by atoms with van der Waals surface area (Å²) >= 11 is 0. The Hall–Kier alpha value is -3.42. The number of fused-ring (bicyclic) bond motifs is 1. The maximum atomic E-state index is 12.9. The van der Waals surface area contributed by atoms with Gasteiger partial charge in [0.1, 0.15) is 6.61 Å². The maximum Gasteiger partial charge on any atom is 0.340 e. The monoisotopic (exact) mass is 411 g/mol. The number of nitrogens with one attached hydrogen (secondary N) is 2. The molecule has 1 aliphatic heterocycles. The Labute approximate surface area is 174 Å². The number of ether oxygens (including phenoxy) is 2. The molecule has 0 spiro atoms. The summed E-state index contributed by atoms with van der Waals surface area (Å²) in [5, 5.41) is 6.12. The average Bonchev–Trinajstić information content (AvgIpc) is 2.71. The predicted molar refractivity (Wildman–Crippen MR) is 111 cm³/mol. The van der Waals surface area contributed by atoms with Crippen molar-refractivity contribution >= 4 is 28.9 Å². The Kier molecular flexibility index (Phi) is 6.34. The third-order valence-corrected chi connectivity index (χ3v) is 5.03. The molecular weight excluding hydrogens is 386 g/mol. The van der Waals surface area contributed by atoms with E-state index in [0.717, 1.165) is 16.5 Å². The second kappa shape index (κ2) is 8.94. The van der Waals surface area contributed by atoms with Crippen LogP contribution in [0.15, 0.2) is 35.5 Å². The van der Waals surface area contributed by atoms with Gasteiger partial charge in [0.2, 0.25) is 0 Å². The van der Waals surface area contributed by atoms with Gasteiger partial charge in [-0.05, 0) is 38.8 Å². The summed E-state index contributed by atoms with van der Waals surface area (Å²) in [7, 11) is 0. The zero-order valence-electron chi connectivity index (χ0n) is 17.5. The van der Waals surface area contributed by atoms with Gasteiger partial charge < -0.3 is 20.1 Å². The van der Waals surface area contributed by atoms with Crippen molar-refractivity contribution in [2.75, 3.05) is 13.2 Å².